The lowest BCUT2D eigenvalue weighted by Gasteiger charge is -2.15. The molecule has 1 aromatic heterocycles. The average Bonchev–Trinajstić information content (AvgIpc) is 2.75. The molecule has 1 aromatic rings. The second-order valence-corrected chi connectivity index (χ2v) is 4.52. The van der Waals surface area contributed by atoms with Gasteiger partial charge in [0.05, 0.1) is 5.69 Å². The van der Waals surface area contributed by atoms with Crippen molar-refractivity contribution in [2.45, 2.75) is 19.9 Å². The maximum atomic E-state index is 4.37. The zero-order valence-electron chi connectivity index (χ0n) is 10.0. The molecule has 3 nitrogen and oxygen atoms in total. The highest BCUT2D eigenvalue weighted by Crippen LogP contribution is 2.17. The summed E-state index contributed by atoms with van der Waals surface area (Å²) in [5, 5.41) is 3.43. The fraction of sp³-hybridized carbons (Fsp3) is 0.615. The van der Waals surface area contributed by atoms with Gasteiger partial charge in [-0.3, -0.25) is 9.88 Å². The van der Waals surface area contributed by atoms with Crippen LogP contribution in [0.5, 0.6) is 0 Å². The molecule has 1 atom stereocenters. The van der Waals surface area contributed by atoms with E-state index in [4.69, 9.17) is 0 Å². The normalized spacial score (nSPS) is 21.4. The van der Waals surface area contributed by atoms with E-state index in [1.807, 2.05) is 12.3 Å². The van der Waals surface area contributed by atoms with Crippen molar-refractivity contribution in [3.8, 4) is 0 Å². The van der Waals surface area contributed by atoms with Crippen LogP contribution in [0.3, 0.4) is 0 Å². The van der Waals surface area contributed by atoms with E-state index in [1.165, 1.54) is 25.2 Å². The third kappa shape index (κ3) is 3.29. The first-order valence-electron chi connectivity index (χ1n) is 6.21. The molecule has 0 aromatic carbocycles. The van der Waals surface area contributed by atoms with Crippen molar-refractivity contribution in [2.75, 3.05) is 26.2 Å². The van der Waals surface area contributed by atoms with Gasteiger partial charge in [0.15, 0.2) is 0 Å². The molecule has 1 fully saturated rings. The zero-order chi connectivity index (χ0) is 11.2. The Labute approximate surface area is 97.9 Å². The van der Waals surface area contributed by atoms with Crippen LogP contribution in [-0.4, -0.2) is 36.1 Å². The summed E-state index contributed by atoms with van der Waals surface area (Å²) in [6, 6.07) is 6.15. The van der Waals surface area contributed by atoms with E-state index in [-0.39, 0.29) is 0 Å². The Bertz CT molecular complexity index is 299. The minimum atomic E-state index is 0.823. The Morgan fingerprint density at radius 1 is 1.50 bits per heavy atom. The highest BCUT2D eigenvalue weighted by molar-refractivity contribution is 5.03. The van der Waals surface area contributed by atoms with Gasteiger partial charge in [-0.15, -0.1) is 0 Å². The summed E-state index contributed by atoms with van der Waals surface area (Å²) < 4.78 is 0. The van der Waals surface area contributed by atoms with E-state index in [2.05, 4.69) is 34.3 Å². The molecule has 0 spiro atoms. The minimum absolute atomic E-state index is 0.823. The number of nitrogens with zero attached hydrogens (tertiary/aromatic N) is 2. The van der Waals surface area contributed by atoms with Crippen molar-refractivity contribution in [1.82, 2.24) is 15.2 Å². The number of pyridine rings is 1. The smallest absolute Gasteiger partial charge is 0.0543 e. The predicted octanol–water partition coefficient (Wildman–Crippen LogP) is 1.51. The van der Waals surface area contributed by atoms with Crippen LogP contribution in [0.25, 0.3) is 0 Å². The van der Waals surface area contributed by atoms with Crippen molar-refractivity contribution in [1.29, 1.82) is 0 Å². The highest BCUT2D eigenvalue weighted by atomic mass is 15.2. The molecular weight excluding hydrogens is 198 g/mol. The van der Waals surface area contributed by atoms with Crippen molar-refractivity contribution in [3.05, 3.63) is 30.1 Å². The van der Waals surface area contributed by atoms with Crippen LogP contribution in [0.4, 0.5) is 0 Å². The van der Waals surface area contributed by atoms with Crippen LogP contribution in [0, 0.1) is 5.92 Å². The Morgan fingerprint density at radius 3 is 3.19 bits per heavy atom. The third-order valence-electron chi connectivity index (χ3n) is 3.16. The molecule has 0 aliphatic carbocycles. The van der Waals surface area contributed by atoms with Gasteiger partial charge in [0, 0.05) is 19.3 Å². The summed E-state index contributed by atoms with van der Waals surface area (Å²) in [6.45, 7) is 7.84. The van der Waals surface area contributed by atoms with Gasteiger partial charge in [-0.05, 0) is 44.1 Å². The Kier molecular flexibility index (Phi) is 4.31. The Morgan fingerprint density at radius 2 is 2.44 bits per heavy atom. The van der Waals surface area contributed by atoms with Crippen LogP contribution in [-0.2, 0) is 6.54 Å². The SMILES string of the molecule is CCNCC1CCN(Cc2ccccn2)C1. The van der Waals surface area contributed by atoms with Crippen molar-refractivity contribution >= 4 is 0 Å². The standard InChI is InChI=1S/C13H21N3/c1-2-14-9-12-6-8-16(10-12)11-13-5-3-4-7-15-13/h3-5,7,12,14H,2,6,8-11H2,1H3. The van der Waals surface area contributed by atoms with Crippen LogP contribution < -0.4 is 5.32 Å². The molecule has 0 radical (unpaired) electrons. The second kappa shape index (κ2) is 5.97. The Balaban J connectivity index is 1.76. The van der Waals surface area contributed by atoms with Crippen LogP contribution in [0.2, 0.25) is 0 Å². The maximum absolute atomic E-state index is 4.37. The van der Waals surface area contributed by atoms with Crippen molar-refractivity contribution in [3.63, 3.8) is 0 Å². The summed E-state index contributed by atoms with van der Waals surface area (Å²) >= 11 is 0. The molecule has 1 saturated heterocycles. The first-order valence-corrected chi connectivity index (χ1v) is 6.21. The summed E-state index contributed by atoms with van der Waals surface area (Å²) in [7, 11) is 0. The molecule has 16 heavy (non-hydrogen) atoms. The number of hydrogen-bond acceptors (Lipinski definition) is 3. The summed E-state index contributed by atoms with van der Waals surface area (Å²) in [6.07, 6.45) is 3.20. The molecular formula is C13H21N3. The summed E-state index contributed by atoms with van der Waals surface area (Å²) in [4.78, 5) is 6.88. The van der Waals surface area contributed by atoms with Gasteiger partial charge in [0.25, 0.3) is 0 Å². The molecule has 0 bridgehead atoms. The second-order valence-electron chi connectivity index (χ2n) is 4.52. The third-order valence-corrected chi connectivity index (χ3v) is 3.16. The van der Waals surface area contributed by atoms with E-state index in [0.717, 1.165) is 25.6 Å². The van der Waals surface area contributed by atoms with Gasteiger partial charge in [-0.2, -0.15) is 0 Å². The molecule has 1 N–H and O–H groups in total. The molecule has 0 amide bonds. The quantitative estimate of drug-likeness (QED) is 0.813. The summed E-state index contributed by atoms with van der Waals surface area (Å²) in [5.41, 5.74) is 1.19. The molecule has 3 heteroatoms. The first-order chi connectivity index (χ1) is 7.88. The average molecular weight is 219 g/mol. The van der Waals surface area contributed by atoms with Crippen molar-refractivity contribution < 1.29 is 0 Å². The molecule has 2 heterocycles. The lowest BCUT2D eigenvalue weighted by atomic mass is 10.1. The van der Waals surface area contributed by atoms with Gasteiger partial charge in [-0.1, -0.05) is 13.0 Å². The molecule has 2 rings (SSSR count). The zero-order valence-corrected chi connectivity index (χ0v) is 10.0. The molecule has 1 aliphatic rings. The topological polar surface area (TPSA) is 28.2 Å². The summed E-state index contributed by atoms with van der Waals surface area (Å²) in [5.74, 6) is 0.823. The molecule has 1 unspecified atom stereocenters. The van der Waals surface area contributed by atoms with Gasteiger partial charge >= 0.3 is 0 Å². The van der Waals surface area contributed by atoms with Crippen LogP contribution in [0.1, 0.15) is 19.0 Å². The lowest BCUT2D eigenvalue weighted by molar-refractivity contribution is 0.311. The maximum Gasteiger partial charge on any atom is 0.0543 e. The Hall–Kier alpha value is -0.930. The van der Waals surface area contributed by atoms with Gasteiger partial charge in [0.2, 0.25) is 0 Å². The number of nitrogens with one attached hydrogen (secondary N) is 1. The minimum Gasteiger partial charge on any atom is -0.317 e. The van der Waals surface area contributed by atoms with E-state index >= 15 is 0 Å². The van der Waals surface area contributed by atoms with Crippen LogP contribution in [0.15, 0.2) is 24.4 Å². The fourth-order valence-electron chi connectivity index (χ4n) is 2.29. The monoisotopic (exact) mass is 219 g/mol. The number of likely N-dealkylation sites (tertiary alicyclic amines) is 1. The van der Waals surface area contributed by atoms with Crippen LogP contribution >= 0.6 is 0 Å². The van der Waals surface area contributed by atoms with E-state index in [0.29, 0.717) is 0 Å². The van der Waals surface area contributed by atoms with Gasteiger partial charge in [0.1, 0.15) is 0 Å². The van der Waals surface area contributed by atoms with Crippen molar-refractivity contribution in [2.24, 2.45) is 5.92 Å². The number of hydrogen-bond donors (Lipinski definition) is 1. The fourth-order valence-corrected chi connectivity index (χ4v) is 2.29. The van der Waals surface area contributed by atoms with E-state index in [9.17, 15) is 0 Å². The highest BCUT2D eigenvalue weighted by Gasteiger charge is 2.21. The largest absolute Gasteiger partial charge is 0.317 e. The number of rotatable bonds is 5. The molecule has 0 saturated carbocycles. The van der Waals surface area contributed by atoms with Gasteiger partial charge in [-0.25, -0.2) is 0 Å². The molecule has 88 valence electrons. The van der Waals surface area contributed by atoms with E-state index in [1.54, 1.807) is 0 Å². The number of aromatic nitrogens is 1. The van der Waals surface area contributed by atoms with Gasteiger partial charge < -0.3 is 5.32 Å². The van der Waals surface area contributed by atoms with E-state index < -0.39 is 0 Å². The molecule has 1 aliphatic heterocycles. The lowest BCUT2D eigenvalue weighted by Crippen LogP contribution is -2.26. The first kappa shape index (κ1) is 11.6. The predicted molar refractivity (Wildman–Crippen MR) is 66.2 cm³/mol.